The van der Waals surface area contributed by atoms with Crippen molar-refractivity contribution in [3.05, 3.63) is 65.7 Å². The van der Waals surface area contributed by atoms with Gasteiger partial charge in [-0.05, 0) is 36.0 Å². The van der Waals surface area contributed by atoms with Gasteiger partial charge in [0.1, 0.15) is 12.1 Å². The summed E-state index contributed by atoms with van der Waals surface area (Å²) in [7, 11) is 0. The maximum Gasteiger partial charge on any atom is 0.248 e. The van der Waals surface area contributed by atoms with E-state index in [9.17, 15) is 9.59 Å². The minimum Gasteiger partial charge on any atom is -0.350 e. The van der Waals surface area contributed by atoms with E-state index in [0.29, 0.717) is 24.5 Å². The Morgan fingerprint density at radius 1 is 1.14 bits per heavy atom. The average molecular weight is 497 g/mol. The predicted octanol–water partition coefficient (Wildman–Crippen LogP) is 4.52. The van der Waals surface area contributed by atoms with Crippen molar-refractivity contribution in [3.8, 4) is 11.1 Å². The Morgan fingerprint density at radius 3 is 2.51 bits per heavy atom. The van der Waals surface area contributed by atoms with Crippen LogP contribution in [0.4, 0.5) is 0 Å². The Balaban J connectivity index is 0.00000167. The number of carbonyl (C=O) groups excluding carboxylic acids is 2. The van der Waals surface area contributed by atoms with Gasteiger partial charge < -0.3 is 10.2 Å². The molecule has 1 aromatic carbocycles. The molecule has 1 fully saturated rings. The van der Waals surface area contributed by atoms with E-state index in [-0.39, 0.29) is 17.7 Å². The van der Waals surface area contributed by atoms with E-state index in [4.69, 9.17) is 11.6 Å². The van der Waals surface area contributed by atoms with Crippen LogP contribution in [0.2, 0.25) is 5.02 Å². The highest BCUT2D eigenvalue weighted by atomic mass is 35.5. The first kappa shape index (κ1) is 26.3. The van der Waals surface area contributed by atoms with Crippen molar-refractivity contribution in [2.24, 2.45) is 5.92 Å². The van der Waals surface area contributed by atoms with Gasteiger partial charge in [-0.2, -0.15) is 0 Å². The minimum absolute atomic E-state index is 0.0240. The van der Waals surface area contributed by atoms with Gasteiger partial charge in [0, 0.05) is 37.2 Å². The summed E-state index contributed by atoms with van der Waals surface area (Å²) in [5, 5.41) is 11.4. The Bertz CT molecular complexity index is 1100. The van der Waals surface area contributed by atoms with Crippen molar-refractivity contribution in [2.45, 2.75) is 59.2 Å². The molecular formula is C26H33ClN6O2. The lowest BCUT2D eigenvalue weighted by Gasteiger charge is -2.29. The average Bonchev–Trinajstić information content (AvgIpc) is 3.57. The van der Waals surface area contributed by atoms with E-state index in [0.717, 1.165) is 23.1 Å². The van der Waals surface area contributed by atoms with Gasteiger partial charge in [-0.15, -0.1) is 5.10 Å². The number of nitrogens with one attached hydrogen (secondary N) is 1. The zero-order valence-corrected chi connectivity index (χ0v) is 21.4. The molecule has 4 rings (SSSR count). The topological polar surface area (TPSA) is 93.0 Å². The van der Waals surface area contributed by atoms with Crippen molar-refractivity contribution in [1.82, 2.24) is 30.2 Å². The van der Waals surface area contributed by atoms with Crippen LogP contribution in [0.25, 0.3) is 11.1 Å². The van der Waals surface area contributed by atoms with Gasteiger partial charge in [0.2, 0.25) is 11.8 Å². The molecule has 1 saturated heterocycles. The van der Waals surface area contributed by atoms with E-state index in [2.05, 4.69) is 20.6 Å². The summed E-state index contributed by atoms with van der Waals surface area (Å²) in [4.78, 5) is 32.0. The third-order valence-corrected chi connectivity index (χ3v) is 6.25. The second-order valence-corrected chi connectivity index (χ2v) is 8.94. The molecule has 9 heteroatoms. The van der Waals surface area contributed by atoms with Gasteiger partial charge in [-0.1, -0.05) is 68.8 Å². The molecule has 0 bridgehead atoms. The zero-order valence-electron chi connectivity index (χ0n) is 20.7. The third-order valence-electron chi connectivity index (χ3n) is 5.95. The lowest BCUT2D eigenvalue weighted by molar-refractivity contribution is -0.142. The number of hydrogen-bond acceptors (Lipinski definition) is 5. The molecular weight excluding hydrogens is 464 g/mol. The summed E-state index contributed by atoms with van der Waals surface area (Å²) in [5.41, 5.74) is 2.86. The van der Waals surface area contributed by atoms with Crippen molar-refractivity contribution in [1.29, 1.82) is 0 Å². The molecule has 1 N–H and O–H groups in total. The van der Waals surface area contributed by atoms with Crippen molar-refractivity contribution in [3.63, 3.8) is 0 Å². The first-order valence-corrected chi connectivity index (χ1v) is 12.5. The van der Waals surface area contributed by atoms with E-state index >= 15 is 0 Å². The number of halogens is 1. The van der Waals surface area contributed by atoms with Crippen LogP contribution in [0.15, 0.2) is 55.1 Å². The van der Waals surface area contributed by atoms with Gasteiger partial charge in [-0.3, -0.25) is 14.6 Å². The summed E-state index contributed by atoms with van der Waals surface area (Å²) in [6.07, 6.45) is 8.02. The second kappa shape index (κ2) is 12.4. The number of carbonyl (C=O) groups is 2. The fourth-order valence-corrected chi connectivity index (χ4v) is 4.49. The minimum atomic E-state index is -0.478. The number of likely N-dealkylation sites (tertiary alicyclic amines) is 1. The van der Waals surface area contributed by atoms with Gasteiger partial charge in [0.25, 0.3) is 0 Å². The van der Waals surface area contributed by atoms with E-state index in [1.807, 2.05) is 58.0 Å². The molecule has 186 valence electrons. The molecule has 2 unspecified atom stereocenters. The molecule has 0 radical (unpaired) electrons. The number of benzene rings is 1. The molecule has 2 amide bonds. The van der Waals surface area contributed by atoms with Crippen molar-refractivity contribution in [2.75, 3.05) is 6.54 Å². The number of aromatic nitrogens is 4. The number of amides is 2. The molecule has 2 aromatic heterocycles. The number of nitrogens with zero attached hydrogens (tertiary/aromatic N) is 5. The Labute approximate surface area is 211 Å². The standard InChI is InChI=1S/C24H27ClN6O2.C2H6/c1-16(2)22(31-13-11-28-29-31)24(33)30-12-3-4-21(30)23(32)27-14-17-5-7-18(8-6-17)19-9-10-26-15-20(19)25;1-2/h5-11,13,15-16,21-22H,3-4,12,14H2,1-2H3,(H,27,32);1-2H3. The van der Waals surface area contributed by atoms with Gasteiger partial charge >= 0.3 is 0 Å². The SMILES string of the molecule is CC.CC(C)C(C(=O)N1CCCC1C(=O)NCc1ccc(-c2ccncc2Cl)cc1)n1ccnn1. The van der Waals surface area contributed by atoms with Crippen LogP contribution >= 0.6 is 11.6 Å². The van der Waals surface area contributed by atoms with E-state index in [1.165, 1.54) is 0 Å². The van der Waals surface area contributed by atoms with Crippen LogP contribution in [0.5, 0.6) is 0 Å². The largest absolute Gasteiger partial charge is 0.350 e. The van der Waals surface area contributed by atoms with Gasteiger partial charge in [0.05, 0.1) is 11.2 Å². The molecule has 1 aliphatic heterocycles. The van der Waals surface area contributed by atoms with Gasteiger partial charge in [0.15, 0.2) is 0 Å². The highest BCUT2D eigenvalue weighted by Gasteiger charge is 2.39. The highest BCUT2D eigenvalue weighted by Crippen LogP contribution is 2.28. The summed E-state index contributed by atoms with van der Waals surface area (Å²) in [6.45, 7) is 8.89. The molecule has 3 heterocycles. The molecule has 0 spiro atoms. The van der Waals surface area contributed by atoms with Crippen LogP contribution in [0.3, 0.4) is 0 Å². The van der Waals surface area contributed by atoms with Crippen molar-refractivity contribution < 1.29 is 9.59 Å². The summed E-state index contributed by atoms with van der Waals surface area (Å²) in [6, 6.07) is 8.78. The van der Waals surface area contributed by atoms with Crippen LogP contribution in [0.1, 0.15) is 52.1 Å². The second-order valence-electron chi connectivity index (χ2n) is 8.53. The first-order valence-electron chi connectivity index (χ1n) is 12.1. The molecule has 1 aliphatic rings. The Kier molecular flexibility index (Phi) is 9.37. The predicted molar refractivity (Wildman–Crippen MR) is 137 cm³/mol. The number of pyridine rings is 1. The summed E-state index contributed by atoms with van der Waals surface area (Å²) >= 11 is 6.23. The normalized spacial score (nSPS) is 15.9. The Hall–Kier alpha value is -3.26. The fraction of sp³-hybridized carbons (Fsp3) is 0.423. The highest BCUT2D eigenvalue weighted by molar-refractivity contribution is 6.33. The quantitative estimate of drug-likeness (QED) is 0.519. The van der Waals surface area contributed by atoms with E-state index < -0.39 is 12.1 Å². The molecule has 3 aromatic rings. The summed E-state index contributed by atoms with van der Waals surface area (Å²) < 4.78 is 1.58. The molecule has 0 aliphatic carbocycles. The molecule has 2 atom stereocenters. The molecule has 35 heavy (non-hydrogen) atoms. The van der Waals surface area contributed by atoms with Crippen LogP contribution in [-0.2, 0) is 16.1 Å². The maximum absolute atomic E-state index is 13.3. The lowest BCUT2D eigenvalue weighted by atomic mass is 10.0. The zero-order chi connectivity index (χ0) is 25.4. The monoisotopic (exact) mass is 496 g/mol. The fourth-order valence-electron chi connectivity index (χ4n) is 4.26. The maximum atomic E-state index is 13.3. The number of hydrogen-bond donors (Lipinski definition) is 1. The third kappa shape index (κ3) is 6.25. The van der Waals surface area contributed by atoms with Gasteiger partial charge in [-0.25, -0.2) is 4.68 Å². The number of rotatable bonds is 7. The van der Waals surface area contributed by atoms with E-state index in [1.54, 1.807) is 34.4 Å². The van der Waals surface area contributed by atoms with Crippen LogP contribution < -0.4 is 5.32 Å². The lowest BCUT2D eigenvalue weighted by Crippen LogP contribution is -2.48. The Morgan fingerprint density at radius 2 is 1.89 bits per heavy atom. The first-order chi connectivity index (χ1) is 17.0. The molecule has 8 nitrogen and oxygen atoms in total. The molecule has 0 saturated carbocycles. The van der Waals surface area contributed by atoms with Crippen molar-refractivity contribution >= 4 is 23.4 Å². The smallest absolute Gasteiger partial charge is 0.248 e. The van der Waals surface area contributed by atoms with Crippen LogP contribution in [0, 0.1) is 5.92 Å². The van der Waals surface area contributed by atoms with Crippen LogP contribution in [-0.4, -0.2) is 49.3 Å². The summed E-state index contributed by atoms with van der Waals surface area (Å²) in [5.74, 6) is -0.203.